The van der Waals surface area contributed by atoms with E-state index in [-0.39, 0.29) is 17.7 Å². The second-order valence-electron chi connectivity index (χ2n) is 4.75. The number of nitrogens with one attached hydrogen (secondary N) is 1. The molecule has 0 saturated carbocycles. The summed E-state index contributed by atoms with van der Waals surface area (Å²) in [5.74, 6) is -0.949. The average molecular weight is 348 g/mol. The van der Waals surface area contributed by atoms with E-state index >= 15 is 0 Å². The number of carbonyl (C=O) groups excluding carboxylic acids is 1. The van der Waals surface area contributed by atoms with Gasteiger partial charge in [-0.05, 0) is 18.6 Å². The Labute approximate surface area is 122 Å². The number of halogens is 1. The molecule has 0 bridgehead atoms. The van der Waals surface area contributed by atoms with Crippen LogP contribution in [0.4, 0.5) is 0 Å². The molecule has 1 N–H and O–H groups in total. The van der Waals surface area contributed by atoms with Crippen molar-refractivity contribution in [3.63, 3.8) is 0 Å². The van der Waals surface area contributed by atoms with Gasteiger partial charge in [0.05, 0.1) is 11.8 Å². The van der Waals surface area contributed by atoms with Gasteiger partial charge in [-0.15, -0.1) is 0 Å². The maximum atomic E-state index is 11.9. The predicted molar refractivity (Wildman–Crippen MR) is 79.6 cm³/mol. The molecule has 0 radical (unpaired) electrons. The Morgan fingerprint density at radius 1 is 1.32 bits per heavy atom. The van der Waals surface area contributed by atoms with Crippen molar-refractivity contribution in [2.45, 2.75) is 19.9 Å². The number of hydrogen-bond donors (Lipinski definition) is 1. The Balaban J connectivity index is 2.70. The van der Waals surface area contributed by atoms with E-state index in [1.54, 1.807) is 6.92 Å². The van der Waals surface area contributed by atoms with Crippen LogP contribution >= 0.6 is 15.9 Å². The lowest BCUT2D eigenvalue weighted by Crippen LogP contribution is -2.34. The summed E-state index contributed by atoms with van der Waals surface area (Å²) < 4.78 is 23.3. The summed E-state index contributed by atoms with van der Waals surface area (Å²) in [6, 6.07) is 7.43. The minimum Gasteiger partial charge on any atom is -0.349 e. The predicted octanol–water partition coefficient (Wildman–Crippen LogP) is 2.31. The lowest BCUT2D eigenvalue weighted by Gasteiger charge is -2.18. The van der Waals surface area contributed by atoms with Gasteiger partial charge in [0.2, 0.25) is 5.91 Å². The van der Waals surface area contributed by atoms with Crippen molar-refractivity contribution in [2.24, 2.45) is 5.92 Å². The SMILES string of the molecule is CC(CS(C)(=O)=O)C(=O)NC(C)c1ccccc1Br. The maximum Gasteiger partial charge on any atom is 0.224 e. The monoisotopic (exact) mass is 347 g/mol. The number of amides is 1. The fourth-order valence-electron chi connectivity index (χ4n) is 1.79. The first-order valence-electron chi connectivity index (χ1n) is 5.93. The molecule has 1 aromatic carbocycles. The second kappa shape index (κ2) is 6.52. The molecule has 1 amide bonds. The van der Waals surface area contributed by atoms with Crippen LogP contribution in [0.5, 0.6) is 0 Å². The third kappa shape index (κ3) is 5.32. The molecule has 1 aromatic rings. The van der Waals surface area contributed by atoms with E-state index < -0.39 is 15.8 Å². The Hall–Kier alpha value is -0.880. The highest BCUT2D eigenvalue weighted by molar-refractivity contribution is 9.10. The van der Waals surface area contributed by atoms with Gasteiger partial charge < -0.3 is 5.32 Å². The van der Waals surface area contributed by atoms with Gasteiger partial charge in [0.1, 0.15) is 9.84 Å². The fraction of sp³-hybridized carbons (Fsp3) is 0.462. The van der Waals surface area contributed by atoms with Crippen LogP contribution in [0.25, 0.3) is 0 Å². The van der Waals surface area contributed by atoms with Crippen LogP contribution in [-0.2, 0) is 14.6 Å². The van der Waals surface area contributed by atoms with Crippen LogP contribution in [-0.4, -0.2) is 26.3 Å². The number of hydrogen-bond acceptors (Lipinski definition) is 3. The van der Waals surface area contributed by atoms with E-state index in [2.05, 4.69) is 21.2 Å². The van der Waals surface area contributed by atoms with E-state index in [0.717, 1.165) is 16.3 Å². The smallest absolute Gasteiger partial charge is 0.224 e. The van der Waals surface area contributed by atoms with E-state index in [9.17, 15) is 13.2 Å². The zero-order chi connectivity index (χ0) is 14.6. The van der Waals surface area contributed by atoms with Gasteiger partial charge in [-0.1, -0.05) is 41.1 Å². The molecule has 2 unspecified atom stereocenters. The molecular weight excluding hydrogens is 330 g/mol. The van der Waals surface area contributed by atoms with Crippen molar-refractivity contribution in [1.82, 2.24) is 5.32 Å². The minimum absolute atomic E-state index is 0.137. The molecule has 6 heteroatoms. The molecule has 0 fully saturated rings. The molecule has 0 aliphatic heterocycles. The molecule has 0 saturated heterocycles. The summed E-state index contributed by atoms with van der Waals surface area (Å²) in [6.45, 7) is 3.48. The zero-order valence-electron chi connectivity index (χ0n) is 11.2. The summed E-state index contributed by atoms with van der Waals surface area (Å²) in [7, 11) is -3.15. The number of benzene rings is 1. The first-order valence-corrected chi connectivity index (χ1v) is 8.78. The Morgan fingerprint density at radius 2 is 1.89 bits per heavy atom. The van der Waals surface area contributed by atoms with Gasteiger partial charge >= 0.3 is 0 Å². The Bertz CT molecular complexity index is 557. The van der Waals surface area contributed by atoms with Gasteiger partial charge in [0.25, 0.3) is 0 Å². The van der Waals surface area contributed by atoms with Crippen molar-refractivity contribution in [2.75, 3.05) is 12.0 Å². The largest absolute Gasteiger partial charge is 0.349 e. The zero-order valence-corrected chi connectivity index (χ0v) is 13.6. The van der Waals surface area contributed by atoms with Crippen LogP contribution in [0.1, 0.15) is 25.5 Å². The third-order valence-electron chi connectivity index (χ3n) is 2.73. The molecule has 4 nitrogen and oxygen atoms in total. The highest BCUT2D eigenvalue weighted by Crippen LogP contribution is 2.22. The number of carbonyl (C=O) groups is 1. The van der Waals surface area contributed by atoms with Gasteiger partial charge in [0, 0.05) is 16.6 Å². The Kier molecular flexibility index (Phi) is 5.55. The summed E-state index contributed by atoms with van der Waals surface area (Å²) in [6.07, 6.45) is 1.13. The van der Waals surface area contributed by atoms with E-state index in [4.69, 9.17) is 0 Å². The lowest BCUT2D eigenvalue weighted by atomic mass is 10.1. The van der Waals surface area contributed by atoms with Crippen LogP contribution in [0.2, 0.25) is 0 Å². The molecule has 0 aliphatic rings. The molecular formula is C13H18BrNO3S. The average Bonchev–Trinajstić information content (AvgIpc) is 2.27. The van der Waals surface area contributed by atoms with Crippen molar-refractivity contribution in [1.29, 1.82) is 0 Å². The molecule has 0 aliphatic carbocycles. The normalized spacial score (nSPS) is 14.7. The first-order chi connectivity index (χ1) is 8.70. The van der Waals surface area contributed by atoms with Crippen LogP contribution in [0, 0.1) is 5.92 Å². The highest BCUT2D eigenvalue weighted by Gasteiger charge is 2.20. The maximum absolute atomic E-state index is 11.9. The van der Waals surface area contributed by atoms with Crippen molar-refractivity contribution >= 4 is 31.7 Å². The Morgan fingerprint density at radius 3 is 2.42 bits per heavy atom. The van der Waals surface area contributed by atoms with Crippen molar-refractivity contribution < 1.29 is 13.2 Å². The first kappa shape index (κ1) is 16.2. The molecule has 0 aromatic heterocycles. The minimum atomic E-state index is -3.15. The van der Waals surface area contributed by atoms with Gasteiger partial charge in [-0.25, -0.2) is 8.42 Å². The highest BCUT2D eigenvalue weighted by atomic mass is 79.9. The summed E-state index contributed by atoms with van der Waals surface area (Å²) in [4.78, 5) is 11.9. The molecule has 2 atom stereocenters. The summed E-state index contributed by atoms with van der Waals surface area (Å²) >= 11 is 3.43. The third-order valence-corrected chi connectivity index (χ3v) is 4.56. The van der Waals surface area contributed by atoms with E-state index in [1.165, 1.54) is 0 Å². The van der Waals surface area contributed by atoms with Crippen LogP contribution in [0.3, 0.4) is 0 Å². The van der Waals surface area contributed by atoms with Gasteiger partial charge in [0.15, 0.2) is 0 Å². The van der Waals surface area contributed by atoms with Gasteiger partial charge in [-0.2, -0.15) is 0 Å². The van der Waals surface area contributed by atoms with E-state index in [1.807, 2.05) is 31.2 Å². The molecule has 19 heavy (non-hydrogen) atoms. The summed E-state index contributed by atoms with van der Waals surface area (Å²) in [5.41, 5.74) is 0.961. The summed E-state index contributed by atoms with van der Waals surface area (Å²) in [5, 5.41) is 2.83. The van der Waals surface area contributed by atoms with Crippen molar-refractivity contribution in [3.8, 4) is 0 Å². The van der Waals surface area contributed by atoms with E-state index in [0.29, 0.717) is 0 Å². The number of rotatable bonds is 5. The topological polar surface area (TPSA) is 63.2 Å². The molecule has 0 spiro atoms. The molecule has 0 heterocycles. The number of sulfone groups is 1. The lowest BCUT2D eigenvalue weighted by molar-refractivity contribution is -0.124. The molecule has 106 valence electrons. The quantitative estimate of drug-likeness (QED) is 0.888. The van der Waals surface area contributed by atoms with Crippen LogP contribution < -0.4 is 5.32 Å². The molecule has 1 rings (SSSR count). The van der Waals surface area contributed by atoms with Crippen molar-refractivity contribution in [3.05, 3.63) is 34.3 Å². The van der Waals surface area contributed by atoms with Crippen LogP contribution in [0.15, 0.2) is 28.7 Å². The second-order valence-corrected chi connectivity index (χ2v) is 7.78. The van der Waals surface area contributed by atoms with Gasteiger partial charge in [-0.3, -0.25) is 4.79 Å². The standard InChI is InChI=1S/C13H18BrNO3S/c1-9(8-19(3,17)18)13(16)15-10(2)11-6-4-5-7-12(11)14/h4-7,9-10H,8H2,1-3H3,(H,15,16). The fourth-order valence-corrected chi connectivity index (χ4v) is 3.48.